The van der Waals surface area contributed by atoms with Crippen molar-refractivity contribution < 1.29 is 24.2 Å². The number of nitrogens with zero attached hydrogens (tertiary/aromatic N) is 3. The number of aliphatic hydroxyl groups is 1. The number of pyridine rings is 1. The second kappa shape index (κ2) is 9.77. The fraction of sp³-hybridized carbons (Fsp3) is 0.318. The molecule has 1 aliphatic rings. The highest BCUT2D eigenvalue weighted by atomic mass is 35.5. The van der Waals surface area contributed by atoms with Crippen LogP contribution in [0.4, 0.5) is 0 Å². The van der Waals surface area contributed by atoms with Gasteiger partial charge in [-0.15, -0.1) is 0 Å². The first-order valence-corrected chi connectivity index (χ1v) is 10.4. The van der Waals surface area contributed by atoms with E-state index < -0.39 is 23.5 Å². The van der Waals surface area contributed by atoms with Crippen molar-refractivity contribution in [3.8, 4) is 11.5 Å². The lowest BCUT2D eigenvalue weighted by Gasteiger charge is -2.26. The van der Waals surface area contributed by atoms with E-state index in [1.165, 1.54) is 25.2 Å². The van der Waals surface area contributed by atoms with Gasteiger partial charge in [0.05, 0.1) is 36.4 Å². The van der Waals surface area contributed by atoms with E-state index in [1.54, 1.807) is 24.5 Å². The van der Waals surface area contributed by atoms with Crippen LogP contribution in [-0.2, 0) is 9.59 Å². The molecule has 1 atom stereocenters. The first-order chi connectivity index (χ1) is 15.2. The number of benzene rings is 1. The van der Waals surface area contributed by atoms with Crippen molar-refractivity contribution in [2.24, 2.45) is 0 Å². The zero-order chi connectivity index (χ0) is 23.6. The molecule has 3 rings (SSSR count). The van der Waals surface area contributed by atoms with Gasteiger partial charge in [-0.1, -0.05) is 23.2 Å². The zero-order valence-electron chi connectivity index (χ0n) is 18.1. The molecule has 0 aliphatic carbocycles. The van der Waals surface area contributed by atoms with Crippen molar-refractivity contribution in [3.05, 3.63) is 57.3 Å². The second-order valence-electron chi connectivity index (χ2n) is 7.36. The number of methoxy groups -OCH3 is 2. The lowest BCUT2D eigenvalue weighted by atomic mass is 9.95. The lowest BCUT2D eigenvalue weighted by molar-refractivity contribution is -0.140. The molecular weight excluding hydrogens is 457 g/mol. The number of Topliss-reactive ketones (excluding diaryl/α,β-unsaturated/α-hetero) is 1. The van der Waals surface area contributed by atoms with Gasteiger partial charge in [-0.2, -0.15) is 0 Å². The quantitative estimate of drug-likeness (QED) is 0.369. The minimum atomic E-state index is -0.817. The Bertz CT molecular complexity index is 1070. The van der Waals surface area contributed by atoms with Crippen LogP contribution in [0.2, 0.25) is 10.0 Å². The van der Waals surface area contributed by atoms with Crippen molar-refractivity contribution >= 4 is 40.7 Å². The molecule has 1 fully saturated rings. The number of amides is 1. The summed E-state index contributed by atoms with van der Waals surface area (Å²) in [6, 6.07) is 3.95. The van der Waals surface area contributed by atoms with Crippen LogP contribution in [0.5, 0.6) is 11.5 Å². The van der Waals surface area contributed by atoms with Crippen LogP contribution in [-0.4, -0.2) is 73.0 Å². The van der Waals surface area contributed by atoms with Gasteiger partial charge in [0.1, 0.15) is 10.8 Å². The average Bonchev–Trinajstić information content (AvgIpc) is 3.02. The molecule has 0 spiro atoms. The Morgan fingerprint density at radius 1 is 1.16 bits per heavy atom. The monoisotopic (exact) mass is 479 g/mol. The molecule has 1 unspecified atom stereocenters. The highest BCUT2D eigenvalue weighted by Crippen LogP contribution is 2.47. The number of halogens is 2. The van der Waals surface area contributed by atoms with Crippen molar-refractivity contribution in [2.75, 3.05) is 41.4 Å². The van der Waals surface area contributed by atoms with E-state index in [0.29, 0.717) is 12.1 Å². The summed E-state index contributed by atoms with van der Waals surface area (Å²) in [6.07, 6.45) is 3.12. The molecule has 2 aromatic rings. The van der Waals surface area contributed by atoms with E-state index in [0.717, 1.165) is 0 Å². The Morgan fingerprint density at radius 2 is 1.78 bits per heavy atom. The van der Waals surface area contributed by atoms with Gasteiger partial charge in [0.15, 0.2) is 11.5 Å². The summed E-state index contributed by atoms with van der Waals surface area (Å²) in [5.74, 6) is -1.73. The van der Waals surface area contributed by atoms with E-state index in [1.807, 2.05) is 19.0 Å². The number of likely N-dealkylation sites (N-methyl/N-ethyl adjacent to an activating group) is 1. The number of aromatic nitrogens is 1. The zero-order valence-corrected chi connectivity index (χ0v) is 19.6. The fourth-order valence-corrected chi connectivity index (χ4v) is 4.29. The van der Waals surface area contributed by atoms with E-state index in [-0.39, 0.29) is 39.2 Å². The summed E-state index contributed by atoms with van der Waals surface area (Å²) < 4.78 is 10.6. The van der Waals surface area contributed by atoms with Gasteiger partial charge < -0.3 is 24.4 Å². The summed E-state index contributed by atoms with van der Waals surface area (Å²) >= 11 is 12.6. The molecule has 170 valence electrons. The Morgan fingerprint density at radius 3 is 2.34 bits per heavy atom. The molecule has 1 aromatic carbocycles. The molecule has 0 bridgehead atoms. The minimum Gasteiger partial charge on any atom is -0.507 e. The molecule has 0 radical (unpaired) electrons. The number of ether oxygens (including phenoxy) is 2. The third-order valence-electron chi connectivity index (χ3n) is 5.14. The molecular formula is C22H23Cl2N3O5. The number of rotatable bonds is 7. The lowest BCUT2D eigenvalue weighted by Crippen LogP contribution is -2.35. The van der Waals surface area contributed by atoms with Crippen molar-refractivity contribution in [2.45, 2.75) is 6.04 Å². The van der Waals surface area contributed by atoms with Crippen LogP contribution < -0.4 is 9.47 Å². The maximum Gasteiger partial charge on any atom is 0.295 e. The fourth-order valence-electron chi connectivity index (χ4n) is 3.60. The maximum absolute atomic E-state index is 13.1. The minimum absolute atomic E-state index is 0.0337. The van der Waals surface area contributed by atoms with Gasteiger partial charge >= 0.3 is 0 Å². The van der Waals surface area contributed by atoms with Crippen LogP contribution >= 0.6 is 23.2 Å². The summed E-state index contributed by atoms with van der Waals surface area (Å²) in [6.45, 7) is 0.806. The van der Waals surface area contributed by atoms with Crippen LogP contribution in [0.15, 0.2) is 36.2 Å². The van der Waals surface area contributed by atoms with E-state index >= 15 is 0 Å². The van der Waals surface area contributed by atoms with Gasteiger partial charge in [-0.3, -0.25) is 14.6 Å². The molecule has 1 aromatic heterocycles. The predicted octanol–water partition coefficient (Wildman–Crippen LogP) is 3.39. The van der Waals surface area contributed by atoms with Crippen molar-refractivity contribution in [1.29, 1.82) is 0 Å². The molecule has 10 heteroatoms. The molecule has 1 N–H and O–H groups in total. The number of carbonyl (C=O) groups is 2. The maximum atomic E-state index is 13.1. The summed E-state index contributed by atoms with van der Waals surface area (Å²) in [7, 11) is 6.49. The van der Waals surface area contributed by atoms with Crippen LogP contribution in [0.25, 0.3) is 5.76 Å². The molecule has 1 saturated heterocycles. The smallest absolute Gasteiger partial charge is 0.295 e. The standard InChI is InChI=1S/C22H23Cl2N3O5/c1-26(2)9-10-27-17(12-5-7-25-8-6-12)15(19(29)22(27)30)18(28)13-11-14(23)21(32-4)16(24)20(13)31-3/h5-8,11,17,28H,9-10H2,1-4H3/b18-15+. The van der Waals surface area contributed by atoms with Crippen molar-refractivity contribution in [1.82, 2.24) is 14.8 Å². The highest BCUT2D eigenvalue weighted by molar-refractivity contribution is 6.47. The second-order valence-corrected chi connectivity index (χ2v) is 8.15. The normalized spacial score (nSPS) is 17.8. The van der Waals surface area contributed by atoms with Gasteiger partial charge in [0.25, 0.3) is 11.7 Å². The molecule has 0 saturated carbocycles. The summed E-state index contributed by atoms with van der Waals surface area (Å²) in [5.41, 5.74) is 0.618. The number of ketones is 1. The van der Waals surface area contributed by atoms with E-state index in [9.17, 15) is 14.7 Å². The first kappa shape index (κ1) is 23.8. The van der Waals surface area contributed by atoms with Gasteiger partial charge in [-0.05, 0) is 37.9 Å². The van der Waals surface area contributed by atoms with E-state index in [2.05, 4.69) is 4.98 Å². The molecule has 1 amide bonds. The number of carbonyl (C=O) groups excluding carboxylic acids is 2. The Kier molecular flexibility index (Phi) is 7.28. The largest absolute Gasteiger partial charge is 0.507 e. The number of hydrogen-bond acceptors (Lipinski definition) is 7. The van der Waals surface area contributed by atoms with E-state index in [4.69, 9.17) is 32.7 Å². The van der Waals surface area contributed by atoms with Crippen LogP contribution in [0.1, 0.15) is 17.2 Å². The number of hydrogen-bond donors (Lipinski definition) is 1. The van der Waals surface area contributed by atoms with Crippen molar-refractivity contribution in [3.63, 3.8) is 0 Å². The average molecular weight is 480 g/mol. The van der Waals surface area contributed by atoms with Gasteiger partial charge in [0.2, 0.25) is 0 Å². The first-order valence-electron chi connectivity index (χ1n) is 9.66. The Hall–Kier alpha value is -2.81. The van der Waals surface area contributed by atoms with Gasteiger partial charge in [0, 0.05) is 25.5 Å². The summed E-state index contributed by atoms with van der Waals surface area (Å²) in [5, 5.41) is 11.4. The Labute approximate surface area is 195 Å². The topological polar surface area (TPSA) is 92.2 Å². The highest BCUT2D eigenvalue weighted by Gasteiger charge is 2.46. The van der Waals surface area contributed by atoms with Gasteiger partial charge in [-0.25, -0.2) is 0 Å². The molecule has 2 heterocycles. The predicted molar refractivity (Wildman–Crippen MR) is 121 cm³/mol. The van der Waals surface area contributed by atoms with Crippen LogP contribution in [0.3, 0.4) is 0 Å². The van der Waals surface area contributed by atoms with Crippen LogP contribution in [0, 0.1) is 0 Å². The third-order valence-corrected chi connectivity index (χ3v) is 5.77. The number of aliphatic hydroxyl groups excluding tert-OH is 1. The summed E-state index contributed by atoms with van der Waals surface area (Å²) in [4.78, 5) is 33.4. The SMILES string of the molecule is COc1c(Cl)cc(/C(O)=C2\C(=O)C(=O)N(CCN(C)C)C2c2ccncc2)c(OC)c1Cl. The molecule has 32 heavy (non-hydrogen) atoms. The molecule has 1 aliphatic heterocycles. The molecule has 8 nitrogen and oxygen atoms in total. The Balaban J connectivity index is 2.25. The third kappa shape index (κ3) is 4.26. The number of likely N-dealkylation sites (tertiary alicyclic amines) is 1.